The van der Waals surface area contributed by atoms with Crippen LogP contribution in [0.25, 0.3) is 0 Å². The van der Waals surface area contributed by atoms with E-state index in [4.69, 9.17) is 0 Å². The van der Waals surface area contributed by atoms with Crippen LogP contribution in [0.1, 0.15) is 5.56 Å². The number of carbonyl (C=O) groups excluding carboxylic acids is 1. The second kappa shape index (κ2) is 7.77. The van der Waals surface area contributed by atoms with E-state index in [1.54, 1.807) is 17.1 Å². The molecular weight excluding hydrogens is 242 g/mol. The molecule has 0 saturated carbocycles. The van der Waals surface area contributed by atoms with Gasteiger partial charge < -0.3 is 4.90 Å². The number of benzene rings is 1. The Kier molecular flexibility index (Phi) is 6.29. The number of carbonyl (C=O) groups is 1. The van der Waals surface area contributed by atoms with Gasteiger partial charge in [-0.05, 0) is 12.0 Å². The molecule has 3 heteroatoms. The van der Waals surface area contributed by atoms with Crippen molar-refractivity contribution in [2.75, 3.05) is 13.1 Å². The Bertz CT molecular complexity index is 392. The van der Waals surface area contributed by atoms with Crippen LogP contribution in [0.5, 0.6) is 0 Å². The first-order valence-corrected chi connectivity index (χ1v) is 6.43. The van der Waals surface area contributed by atoms with Crippen LogP contribution in [0.2, 0.25) is 0 Å². The molecule has 1 amide bonds. The third-order valence-corrected chi connectivity index (χ3v) is 2.97. The van der Waals surface area contributed by atoms with Crippen LogP contribution in [0.15, 0.2) is 55.6 Å². The summed E-state index contributed by atoms with van der Waals surface area (Å²) in [4.78, 5) is 13.9. The van der Waals surface area contributed by atoms with Crippen molar-refractivity contribution in [3.8, 4) is 0 Å². The highest BCUT2D eigenvalue weighted by Crippen LogP contribution is 2.11. The van der Waals surface area contributed by atoms with Crippen LogP contribution in [0.4, 0.5) is 0 Å². The minimum absolute atomic E-state index is 0.0157. The highest BCUT2D eigenvalue weighted by atomic mass is 32.1. The molecule has 1 aromatic rings. The number of thiol groups is 1. The molecule has 0 saturated heterocycles. The molecule has 0 heterocycles. The summed E-state index contributed by atoms with van der Waals surface area (Å²) >= 11 is 4.40. The summed E-state index contributed by atoms with van der Waals surface area (Å²) in [6.07, 6.45) is 4.06. The normalized spacial score (nSPS) is 11.6. The number of hydrogen-bond donors (Lipinski definition) is 1. The first kappa shape index (κ1) is 14.6. The number of hydrogen-bond acceptors (Lipinski definition) is 2. The summed E-state index contributed by atoms with van der Waals surface area (Å²) in [5.41, 5.74) is 1.11. The van der Waals surface area contributed by atoms with Gasteiger partial charge >= 0.3 is 0 Å². The SMILES string of the molecule is C=CCN(CC=C)C(=O)C(S)Cc1ccccc1. The molecule has 0 N–H and O–H groups in total. The Balaban J connectivity index is 2.64. The van der Waals surface area contributed by atoms with Crippen molar-refractivity contribution in [2.45, 2.75) is 11.7 Å². The third-order valence-electron chi connectivity index (χ3n) is 2.57. The van der Waals surface area contributed by atoms with Crippen molar-refractivity contribution in [2.24, 2.45) is 0 Å². The maximum atomic E-state index is 12.2. The first-order valence-electron chi connectivity index (χ1n) is 5.91. The van der Waals surface area contributed by atoms with E-state index in [-0.39, 0.29) is 11.2 Å². The maximum Gasteiger partial charge on any atom is 0.236 e. The molecule has 96 valence electrons. The fraction of sp³-hybridized carbons (Fsp3) is 0.267. The molecule has 0 aromatic heterocycles. The van der Waals surface area contributed by atoms with Crippen LogP contribution in [0.3, 0.4) is 0 Å². The molecule has 18 heavy (non-hydrogen) atoms. The maximum absolute atomic E-state index is 12.2. The van der Waals surface area contributed by atoms with Gasteiger partial charge in [0.05, 0.1) is 5.25 Å². The molecule has 1 atom stereocenters. The highest BCUT2D eigenvalue weighted by molar-refractivity contribution is 7.81. The van der Waals surface area contributed by atoms with Crippen LogP contribution >= 0.6 is 12.6 Å². The summed E-state index contributed by atoms with van der Waals surface area (Å²) < 4.78 is 0. The molecule has 0 spiro atoms. The van der Waals surface area contributed by atoms with Gasteiger partial charge in [-0.2, -0.15) is 12.6 Å². The Morgan fingerprint density at radius 3 is 2.28 bits per heavy atom. The smallest absolute Gasteiger partial charge is 0.236 e. The predicted octanol–water partition coefficient (Wildman–Crippen LogP) is 2.73. The zero-order valence-corrected chi connectivity index (χ0v) is 11.4. The Morgan fingerprint density at radius 2 is 1.78 bits per heavy atom. The molecule has 0 fully saturated rings. The third kappa shape index (κ3) is 4.41. The lowest BCUT2D eigenvalue weighted by atomic mass is 10.1. The fourth-order valence-electron chi connectivity index (χ4n) is 1.70. The molecule has 0 aliphatic carbocycles. The standard InChI is InChI=1S/C15H19NOS/c1-3-10-16(11-4-2)15(17)14(18)12-13-8-6-5-7-9-13/h3-9,14,18H,1-2,10-12H2. The lowest BCUT2D eigenvalue weighted by molar-refractivity contribution is -0.129. The average molecular weight is 261 g/mol. The molecule has 2 nitrogen and oxygen atoms in total. The topological polar surface area (TPSA) is 20.3 Å². The van der Waals surface area contributed by atoms with Crippen molar-refractivity contribution >= 4 is 18.5 Å². The van der Waals surface area contributed by atoms with Crippen LogP contribution in [0, 0.1) is 0 Å². The van der Waals surface area contributed by atoms with Gasteiger partial charge in [0.1, 0.15) is 0 Å². The van der Waals surface area contributed by atoms with Gasteiger partial charge in [-0.15, -0.1) is 13.2 Å². The lowest BCUT2D eigenvalue weighted by Gasteiger charge is -2.22. The monoisotopic (exact) mass is 261 g/mol. The van der Waals surface area contributed by atoms with E-state index in [1.807, 2.05) is 30.3 Å². The average Bonchev–Trinajstić information content (AvgIpc) is 2.39. The van der Waals surface area contributed by atoms with E-state index in [2.05, 4.69) is 25.8 Å². The summed E-state index contributed by atoms with van der Waals surface area (Å²) in [7, 11) is 0. The molecule has 0 bridgehead atoms. The van der Waals surface area contributed by atoms with E-state index in [1.165, 1.54) is 0 Å². The number of amides is 1. The van der Waals surface area contributed by atoms with Gasteiger partial charge in [0, 0.05) is 13.1 Å². The zero-order valence-electron chi connectivity index (χ0n) is 10.5. The van der Waals surface area contributed by atoms with Crippen molar-refractivity contribution in [1.29, 1.82) is 0 Å². The van der Waals surface area contributed by atoms with Crippen molar-refractivity contribution in [3.05, 3.63) is 61.2 Å². The molecule has 0 aliphatic rings. The summed E-state index contributed by atoms with van der Waals surface area (Å²) in [6, 6.07) is 9.89. The molecule has 1 unspecified atom stereocenters. The second-order valence-electron chi connectivity index (χ2n) is 4.03. The van der Waals surface area contributed by atoms with Crippen molar-refractivity contribution in [3.63, 3.8) is 0 Å². The minimum atomic E-state index is -0.327. The van der Waals surface area contributed by atoms with Gasteiger partial charge in [-0.1, -0.05) is 42.5 Å². The van der Waals surface area contributed by atoms with Crippen LogP contribution in [-0.2, 0) is 11.2 Å². The Labute approximate surface area is 114 Å². The largest absolute Gasteiger partial charge is 0.334 e. The molecule has 1 aromatic carbocycles. The van der Waals surface area contributed by atoms with Crippen molar-refractivity contribution in [1.82, 2.24) is 4.90 Å². The second-order valence-corrected chi connectivity index (χ2v) is 4.65. The van der Waals surface area contributed by atoms with Gasteiger partial charge in [-0.3, -0.25) is 4.79 Å². The summed E-state index contributed by atoms with van der Waals surface area (Å²) in [5.74, 6) is 0.0157. The highest BCUT2D eigenvalue weighted by Gasteiger charge is 2.19. The molecule has 0 radical (unpaired) electrons. The van der Waals surface area contributed by atoms with Crippen molar-refractivity contribution < 1.29 is 4.79 Å². The van der Waals surface area contributed by atoms with Crippen LogP contribution < -0.4 is 0 Å². The quantitative estimate of drug-likeness (QED) is 0.591. The molecule has 0 aliphatic heterocycles. The first-order chi connectivity index (χ1) is 8.69. The summed E-state index contributed by atoms with van der Waals surface area (Å²) in [5, 5.41) is -0.327. The molecular formula is C15H19NOS. The number of rotatable bonds is 7. The summed E-state index contributed by atoms with van der Waals surface area (Å²) in [6.45, 7) is 8.36. The van der Waals surface area contributed by atoms with Gasteiger partial charge in [0.25, 0.3) is 0 Å². The predicted molar refractivity (Wildman–Crippen MR) is 79.9 cm³/mol. The number of nitrogens with zero attached hydrogens (tertiary/aromatic N) is 1. The van der Waals surface area contributed by atoms with E-state index in [0.717, 1.165) is 5.56 Å². The van der Waals surface area contributed by atoms with Gasteiger partial charge in [0.2, 0.25) is 5.91 Å². The van der Waals surface area contributed by atoms with E-state index < -0.39 is 0 Å². The fourth-order valence-corrected chi connectivity index (χ4v) is 2.08. The van der Waals surface area contributed by atoms with E-state index in [9.17, 15) is 4.79 Å². The Hall–Kier alpha value is -1.48. The van der Waals surface area contributed by atoms with E-state index in [0.29, 0.717) is 19.5 Å². The zero-order chi connectivity index (χ0) is 13.4. The Morgan fingerprint density at radius 1 is 1.22 bits per heavy atom. The van der Waals surface area contributed by atoms with Gasteiger partial charge in [-0.25, -0.2) is 0 Å². The van der Waals surface area contributed by atoms with Gasteiger partial charge in [0.15, 0.2) is 0 Å². The lowest BCUT2D eigenvalue weighted by Crippen LogP contribution is -2.38. The minimum Gasteiger partial charge on any atom is -0.334 e. The van der Waals surface area contributed by atoms with E-state index >= 15 is 0 Å². The van der Waals surface area contributed by atoms with Crippen LogP contribution in [-0.4, -0.2) is 29.1 Å². The molecule has 1 rings (SSSR count).